The Balaban J connectivity index is 0.00000320. The van der Waals surface area contributed by atoms with E-state index in [-0.39, 0.29) is 31.0 Å². The number of nitrogens with zero attached hydrogens (tertiary/aromatic N) is 1. The Bertz CT molecular complexity index is 858. The number of carbonyl (C=O) groups is 1. The van der Waals surface area contributed by atoms with Crippen LogP contribution >= 0.6 is 35.6 Å². The first-order valence-electron chi connectivity index (χ1n) is 9.73. The fourth-order valence-electron chi connectivity index (χ4n) is 3.37. The number of ether oxygens (including phenoxy) is 2. The van der Waals surface area contributed by atoms with Crippen LogP contribution in [0.3, 0.4) is 0 Å². The molecule has 0 aromatic heterocycles. The standard InChI is InChI=1S/C22H26Cl2N2O3.ClH/c1-15(18-7-6-17(23)12-19(18)24)25-13-16-5-8-20(21(11-16)28-2)29-14-22(27)26-9-3-4-10-26;/h5-8,11-12,15,25H,3-4,9-10,13-14H2,1-2H3;1H. The van der Waals surface area contributed by atoms with E-state index in [1.807, 2.05) is 42.2 Å². The van der Waals surface area contributed by atoms with Gasteiger partial charge < -0.3 is 19.7 Å². The third kappa shape index (κ3) is 6.42. The summed E-state index contributed by atoms with van der Waals surface area (Å²) in [5.74, 6) is 1.19. The van der Waals surface area contributed by atoms with Crippen molar-refractivity contribution >= 4 is 41.5 Å². The van der Waals surface area contributed by atoms with Crippen molar-refractivity contribution in [1.29, 1.82) is 0 Å². The molecule has 1 amide bonds. The summed E-state index contributed by atoms with van der Waals surface area (Å²) in [4.78, 5) is 14.0. The van der Waals surface area contributed by atoms with E-state index in [1.54, 1.807) is 13.2 Å². The van der Waals surface area contributed by atoms with Gasteiger partial charge in [0.15, 0.2) is 18.1 Å². The summed E-state index contributed by atoms with van der Waals surface area (Å²) in [6, 6.07) is 11.3. The number of rotatable bonds is 8. The Morgan fingerprint density at radius 3 is 2.53 bits per heavy atom. The lowest BCUT2D eigenvalue weighted by atomic mass is 10.1. The third-order valence-electron chi connectivity index (χ3n) is 5.08. The number of hydrogen-bond acceptors (Lipinski definition) is 4. The number of hydrogen-bond donors (Lipinski definition) is 1. The van der Waals surface area contributed by atoms with Gasteiger partial charge in [-0.25, -0.2) is 0 Å². The Morgan fingerprint density at radius 1 is 1.13 bits per heavy atom. The van der Waals surface area contributed by atoms with Crippen LogP contribution in [-0.4, -0.2) is 37.6 Å². The number of nitrogens with one attached hydrogen (secondary N) is 1. The molecule has 1 heterocycles. The number of likely N-dealkylation sites (tertiary alicyclic amines) is 1. The smallest absolute Gasteiger partial charge is 0.260 e. The molecule has 0 spiro atoms. The fourth-order valence-corrected chi connectivity index (χ4v) is 3.94. The molecule has 5 nitrogen and oxygen atoms in total. The van der Waals surface area contributed by atoms with Crippen molar-refractivity contribution in [2.45, 2.75) is 32.4 Å². The van der Waals surface area contributed by atoms with Crippen molar-refractivity contribution in [1.82, 2.24) is 10.2 Å². The number of carbonyl (C=O) groups excluding carboxylic acids is 1. The average molecular weight is 474 g/mol. The molecule has 0 saturated carbocycles. The number of amides is 1. The van der Waals surface area contributed by atoms with Crippen LogP contribution in [0.25, 0.3) is 0 Å². The summed E-state index contributed by atoms with van der Waals surface area (Å²) in [5.41, 5.74) is 2.03. The van der Waals surface area contributed by atoms with E-state index in [9.17, 15) is 4.79 Å². The van der Waals surface area contributed by atoms with Gasteiger partial charge in [-0.15, -0.1) is 12.4 Å². The van der Waals surface area contributed by atoms with Crippen molar-refractivity contribution in [3.8, 4) is 11.5 Å². The highest BCUT2D eigenvalue weighted by atomic mass is 35.5. The first-order valence-corrected chi connectivity index (χ1v) is 10.5. The molecule has 1 saturated heterocycles. The molecule has 0 radical (unpaired) electrons. The second-order valence-electron chi connectivity index (χ2n) is 7.13. The van der Waals surface area contributed by atoms with E-state index in [2.05, 4.69) is 5.32 Å². The van der Waals surface area contributed by atoms with Crippen molar-refractivity contribution in [3.05, 3.63) is 57.6 Å². The highest BCUT2D eigenvalue weighted by Crippen LogP contribution is 2.29. The monoisotopic (exact) mass is 472 g/mol. The fraction of sp³-hybridized carbons (Fsp3) is 0.409. The molecule has 1 aliphatic rings. The molecule has 8 heteroatoms. The molecule has 1 fully saturated rings. The summed E-state index contributed by atoms with van der Waals surface area (Å²) in [6.07, 6.45) is 2.13. The largest absolute Gasteiger partial charge is 0.493 e. The molecule has 164 valence electrons. The Kier molecular flexibility index (Phi) is 9.56. The molecule has 1 atom stereocenters. The van der Waals surface area contributed by atoms with Crippen LogP contribution in [0.1, 0.15) is 36.9 Å². The van der Waals surface area contributed by atoms with Crippen LogP contribution in [0.4, 0.5) is 0 Å². The van der Waals surface area contributed by atoms with Crippen LogP contribution in [0.2, 0.25) is 10.0 Å². The highest BCUT2D eigenvalue weighted by Gasteiger charge is 2.19. The van der Waals surface area contributed by atoms with Crippen LogP contribution in [0.15, 0.2) is 36.4 Å². The van der Waals surface area contributed by atoms with Crippen LogP contribution in [-0.2, 0) is 11.3 Å². The van der Waals surface area contributed by atoms with Crippen molar-refractivity contribution in [3.63, 3.8) is 0 Å². The summed E-state index contributed by atoms with van der Waals surface area (Å²) < 4.78 is 11.2. The summed E-state index contributed by atoms with van der Waals surface area (Å²) in [6.45, 7) is 4.34. The molecular weight excluding hydrogens is 447 g/mol. The topological polar surface area (TPSA) is 50.8 Å². The maximum Gasteiger partial charge on any atom is 0.260 e. The number of benzene rings is 2. The molecule has 0 bridgehead atoms. The van der Waals surface area contributed by atoms with E-state index in [0.29, 0.717) is 28.1 Å². The van der Waals surface area contributed by atoms with Crippen molar-refractivity contribution in [2.75, 3.05) is 26.8 Å². The van der Waals surface area contributed by atoms with E-state index in [1.165, 1.54) is 0 Å². The lowest BCUT2D eigenvalue weighted by Gasteiger charge is -2.18. The van der Waals surface area contributed by atoms with Gasteiger partial charge in [0.1, 0.15) is 0 Å². The minimum Gasteiger partial charge on any atom is -0.493 e. The predicted molar refractivity (Wildman–Crippen MR) is 123 cm³/mol. The lowest BCUT2D eigenvalue weighted by Crippen LogP contribution is -2.32. The highest BCUT2D eigenvalue weighted by molar-refractivity contribution is 6.35. The molecule has 0 aliphatic carbocycles. The molecular formula is C22H27Cl3N2O3. The Morgan fingerprint density at radius 2 is 1.87 bits per heavy atom. The van der Waals surface area contributed by atoms with Gasteiger partial charge in [-0.05, 0) is 55.2 Å². The van der Waals surface area contributed by atoms with Crippen LogP contribution in [0, 0.1) is 0 Å². The van der Waals surface area contributed by atoms with Gasteiger partial charge in [0.25, 0.3) is 5.91 Å². The van der Waals surface area contributed by atoms with Gasteiger partial charge in [-0.3, -0.25) is 4.79 Å². The quantitative estimate of drug-likeness (QED) is 0.567. The third-order valence-corrected chi connectivity index (χ3v) is 5.64. The second kappa shape index (κ2) is 11.7. The molecule has 3 rings (SSSR count). The summed E-state index contributed by atoms with van der Waals surface area (Å²) in [5, 5.41) is 4.71. The van der Waals surface area contributed by atoms with Gasteiger partial charge in [0.05, 0.1) is 7.11 Å². The predicted octanol–water partition coefficient (Wildman–Crippen LogP) is 5.28. The van der Waals surface area contributed by atoms with E-state index in [0.717, 1.165) is 37.1 Å². The molecule has 30 heavy (non-hydrogen) atoms. The van der Waals surface area contributed by atoms with Gasteiger partial charge in [0.2, 0.25) is 0 Å². The summed E-state index contributed by atoms with van der Waals surface area (Å²) >= 11 is 12.3. The lowest BCUT2D eigenvalue weighted by molar-refractivity contribution is -0.132. The van der Waals surface area contributed by atoms with Crippen molar-refractivity contribution < 1.29 is 14.3 Å². The number of methoxy groups -OCH3 is 1. The SMILES string of the molecule is COc1cc(CNC(C)c2ccc(Cl)cc2Cl)ccc1OCC(=O)N1CCCC1.Cl. The maximum atomic E-state index is 12.2. The van der Waals surface area contributed by atoms with Gasteiger partial charge in [-0.1, -0.05) is 35.3 Å². The molecule has 1 aliphatic heterocycles. The zero-order valence-corrected chi connectivity index (χ0v) is 19.4. The maximum absolute atomic E-state index is 12.2. The van der Waals surface area contributed by atoms with Crippen molar-refractivity contribution in [2.24, 2.45) is 0 Å². The normalized spacial score (nSPS) is 14.2. The minimum absolute atomic E-state index is 0. The zero-order chi connectivity index (χ0) is 20.8. The molecule has 1 N–H and O–H groups in total. The summed E-state index contributed by atoms with van der Waals surface area (Å²) in [7, 11) is 1.60. The van der Waals surface area contributed by atoms with Gasteiger partial charge >= 0.3 is 0 Å². The number of halogens is 3. The second-order valence-corrected chi connectivity index (χ2v) is 7.97. The van der Waals surface area contributed by atoms with Gasteiger partial charge in [-0.2, -0.15) is 0 Å². The van der Waals surface area contributed by atoms with E-state index < -0.39 is 0 Å². The van der Waals surface area contributed by atoms with Crippen LogP contribution in [0.5, 0.6) is 11.5 Å². The molecule has 1 unspecified atom stereocenters. The zero-order valence-electron chi connectivity index (χ0n) is 17.1. The average Bonchev–Trinajstić information content (AvgIpc) is 3.25. The Labute approximate surface area is 194 Å². The Hall–Kier alpha value is -1.66. The van der Waals surface area contributed by atoms with E-state index in [4.69, 9.17) is 32.7 Å². The van der Waals surface area contributed by atoms with Gasteiger partial charge in [0, 0.05) is 35.7 Å². The minimum atomic E-state index is 0. The van der Waals surface area contributed by atoms with Crippen LogP contribution < -0.4 is 14.8 Å². The first kappa shape index (κ1) is 24.6. The first-order chi connectivity index (χ1) is 14.0. The molecule has 2 aromatic carbocycles. The van der Waals surface area contributed by atoms with E-state index >= 15 is 0 Å². The molecule has 2 aromatic rings.